The van der Waals surface area contributed by atoms with Crippen LogP contribution in [0.3, 0.4) is 0 Å². The first-order valence-electron chi connectivity index (χ1n) is 8.52. The number of carbonyl (C=O) groups excluding carboxylic acids is 1. The summed E-state index contributed by atoms with van der Waals surface area (Å²) in [5.74, 6) is 1.16. The lowest BCUT2D eigenvalue weighted by Gasteiger charge is -2.17. The molecule has 0 N–H and O–H groups in total. The first-order chi connectivity index (χ1) is 12.3. The monoisotopic (exact) mass is 330 g/mol. The normalized spacial score (nSPS) is 11.7. The molecule has 0 aliphatic carbocycles. The van der Waals surface area contributed by atoms with Crippen LogP contribution in [0.4, 0.5) is 0 Å². The molecule has 0 aliphatic heterocycles. The Kier molecular flexibility index (Phi) is 5.63. The summed E-state index contributed by atoms with van der Waals surface area (Å²) in [4.78, 5) is 12.7. The van der Waals surface area contributed by atoms with Crippen molar-refractivity contribution >= 4 is 5.78 Å². The molecule has 126 valence electrons. The molecule has 0 fully saturated rings. The Morgan fingerprint density at radius 2 is 1.56 bits per heavy atom. The summed E-state index contributed by atoms with van der Waals surface area (Å²) in [5, 5.41) is 0. The lowest BCUT2D eigenvalue weighted by atomic mass is 9.86. The van der Waals surface area contributed by atoms with E-state index < -0.39 is 0 Å². The third-order valence-electron chi connectivity index (χ3n) is 4.41. The lowest BCUT2D eigenvalue weighted by Crippen LogP contribution is -2.10. The molecular formula is C23H22O2. The first-order valence-corrected chi connectivity index (χ1v) is 8.52. The Bertz CT molecular complexity index is 810. The number of hydrogen-bond acceptors (Lipinski definition) is 2. The Labute approximate surface area is 149 Å². The summed E-state index contributed by atoms with van der Waals surface area (Å²) in [5.41, 5.74) is 3.14. The maximum absolute atomic E-state index is 12.7. The second-order valence-electron chi connectivity index (χ2n) is 6.16. The molecule has 2 heteroatoms. The number of carbonyl (C=O) groups is 1. The summed E-state index contributed by atoms with van der Waals surface area (Å²) in [7, 11) is 1.67. The van der Waals surface area contributed by atoms with Crippen molar-refractivity contribution in [1.29, 1.82) is 0 Å². The van der Waals surface area contributed by atoms with Gasteiger partial charge in [-0.3, -0.25) is 4.79 Å². The second kappa shape index (κ2) is 8.29. The van der Waals surface area contributed by atoms with Crippen LogP contribution in [0.1, 0.15) is 33.8 Å². The number of benzene rings is 3. The standard InChI is InChI=1S/C23H22O2/c1-25-22-14-8-9-18(16-22)15-21(19-10-4-2-5-11-19)17-23(24)20-12-6-3-7-13-20/h2-14,16,21H,15,17H2,1H3/t21-/m0/s1. The average Bonchev–Trinajstić information content (AvgIpc) is 2.69. The van der Waals surface area contributed by atoms with E-state index >= 15 is 0 Å². The van der Waals surface area contributed by atoms with E-state index in [0.29, 0.717) is 6.42 Å². The number of Topliss-reactive ketones (excluding diaryl/α,β-unsaturated/α-hetero) is 1. The van der Waals surface area contributed by atoms with Gasteiger partial charge in [-0.1, -0.05) is 72.8 Å². The summed E-state index contributed by atoms with van der Waals surface area (Å²) in [6.07, 6.45) is 1.30. The quantitative estimate of drug-likeness (QED) is 0.550. The van der Waals surface area contributed by atoms with Gasteiger partial charge in [0, 0.05) is 12.0 Å². The minimum atomic E-state index is 0.140. The molecule has 0 spiro atoms. The molecule has 0 aromatic heterocycles. The molecule has 0 aliphatic rings. The zero-order valence-electron chi connectivity index (χ0n) is 14.4. The fourth-order valence-corrected chi connectivity index (χ4v) is 3.08. The largest absolute Gasteiger partial charge is 0.497 e. The first kappa shape index (κ1) is 17.0. The van der Waals surface area contributed by atoms with Gasteiger partial charge in [0.15, 0.2) is 5.78 Å². The van der Waals surface area contributed by atoms with Crippen molar-refractivity contribution in [3.63, 3.8) is 0 Å². The molecule has 0 saturated heterocycles. The molecule has 0 unspecified atom stereocenters. The number of hydrogen-bond donors (Lipinski definition) is 0. The fraction of sp³-hybridized carbons (Fsp3) is 0.174. The molecule has 25 heavy (non-hydrogen) atoms. The Morgan fingerprint density at radius 3 is 2.24 bits per heavy atom. The van der Waals surface area contributed by atoms with E-state index in [-0.39, 0.29) is 11.7 Å². The maximum atomic E-state index is 12.7. The van der Waals surface area contributed by atoms with E-state index in [9.17, 15) is 4.79 Å². The minimum absolute atomic E-state index is 0.140. The number of ether oxygens (including phenoxy) is 1. The van der Waals surface area contributed by atoms with Crippen molar-refractivity contribution in [2.45, 2.75) is 18.8 Å². The highest BCUT2D eigenvalue weighted by molar-refractivity contribution is 5.96. The summed E-state index contributed by atoms with van der Waals surface area (Å²) in [6.45, 7) is 0. The van der Waals surface area contributed by atoms with Crippen molar-refractivity contribution < 1.29 is 9.53 Å². The molecule has 3 aromatic carbocycles. The van der Waals surface area contributed by atoms with Crippen LogP contribution in [-0.4, -0.2) is 12.9 Å². The van der Waals surface area contributed by atoms with E-state index in [0.717, 1.165) is 17.7 Å². The van der Waals surface area contributed by atoms with Crippen molar-refractivity contribution in [1.82, 2.24) is 0 Å². The van der Waals surface area contributed by atoms with E-state index in [2.05, 4.69) is 18.2 Å². The molecule has 1 atom stereocenters. The van der Waals surface area contributed by atoms with Crippen LogP contribution < -0.4 is 4.74 Å². The van der Waals surface area contributed by atoms with Crippen LogP contribution in [0.15, 0.2) is 84.9 Å². The topological polar surface area (TPSA) is 26.3 Å². The highest BCUT2D eigenvalue weighted by Crippen LogP contribution is 2.27. The van der Waals surface area contributed by atoms with Gasteiger partial charge < -0.3 is 4.74 Å². The van der Waals surface area contributed by atoms with Crippen LogP contribution in [0, 0.1) is 0 Å². The average molecular weight is 330 g/mol. The van der Waals surface area contributed by atoms with E-state index in [4.69, 9.17) is 4.74 Å². The molecule has 0 heterocycles. The Balaban J connectivity index is 1.84. The van der Waals surface area contributed by atoms with Crippen molar-refractivity contribution in [2.75, 3.05) is 7.11 Å². The molecule has 3 aromatic rings. The summed E-state index contributed by atoms with van der Waals surface area (Å²) in [6, 6.07) is 27.9. The van der Waals surface area contributed by atoms with Crippen LogP contribution in [0.2, 0.25) is 0 Å². The second-order valence-corrected chi connectivity index (χ2v) is 6.16. The van der Waals surface area contributed by atoms with E-state index in [1.54, 1.807) is 7.11 Å². The molecule has 2 nitrogen and oxygen atoms in total. The third-order valence-corrected chi connectivity index (χ3v) is 4.41. The predicted molar refractivity (Wildman–Crippen MR) is 101 cm³/mol. The smallest absolute Gasteiger partial charge is 0.163 e. The van der Waals surface area contributed by atoms with Gasteiger partial charge in [-0.2, -0.15) is 0 Å². The molecule has 0 bridgehead atoms. The fourth-order valence-electron chi connectivity index (χ4n) is 3.08. The van der Waals surface area contributed by atoms with E-state index in [1.165, 1.54) is 11.1 Å². The predicted octanol–water partition coefficient (Wildman–Crippen LogP) is 5.29. The zero-order valence-corrected chi connectivity index (χ0v) is 14.4. The SMILES string of the molecule is COc1cccc(C[C@@H](CC(=O)c2ccccc2)c2ccccc2)c1. The van der Waals surface area contributed by atoms with E-state index in [1.807, 2.05) is 66.7 Å². The Morgan fingerprint density at radius 1 is 0.880 bits per heavy atom. The number of methoxy groups -OCH3 is 1. The Hall–Kier alpha value is -2.87. The van der Waals surface area contributed by atoms with Crippen molar-refractivity contribution in [2.24, 2.45) is 0 Å². The van der Waals surface area contributed by atoms with Gasteiger partial charge in [0.25, 0.3) is 0 Å². The molecular weight excluding hydrogens is 308 g/mol. The lowest BCUT2D eigenvalue weighted by molar-refractivity contribution is 0.0973. The summed E-state index contributed by atoms with van der Waals surface area (Å²) >= 11 is 0. The minimum Gasteiger partial charge on any atom is -0.497 e. The van der Waals surface area contributed by atoms with Gasteiger partial charge in [-0.25, -0.2) is 0 Å². The van der Waals surface area contributed by atoms with Gasteiger partial charge >= 0.3 is 0 Å². The van der Waals surface area contributed by atoms with Gasteiger partial charge in [0.1, 0.15) is 5.75 Å². The van der Waals surface area contributed by atoms with Gasteiger partial charge in [-0.05, 0) is 35.6 Å². The zero-order chi connectivity index (χ0) is 17.5. The number of rotatable bonds is 7. The third kappa shape index (κ3) is 4.57. The van der Waals surface area contributed by atoms with Crippen LogP contribution >= 0.6 is 0 Å². The van der Waals surface area contributed by atoms with Crippen molar-refractivity contribution in [3.05, 3.63) is 102 Å². The van der Waals surface area contributed by atoms with Crippen LogP contribution in [0.5, 0.6) is 5.75 Å². The van der Waals surface area contributed by atoms with Gasteiger partial charge in [0.2, 0.25) is 0 Å². The molecule has 0 radical (unpaired) electrons. The molecule has 3 rings (SSSR count). The van der Waals surface area contributed by atoms with Crippen LogP contribution in [0.25, 0.3) is 0 Å². The van der Waals surface area contributed by atoms with Gasteiger partial charge in [-0.15, -0.1) is 0 Å². The highest BCUT2D eigenvalue weighted by Gasteiger charge is 2.18. The van der Waals surface area contributed by atoms with Crippen molar-refractivity contribution in [3.8, 4) is 5.75 Å². The highest BCUT2D eigenvalue weighted by atomic mass is 16.5. The van der Waals surface area contributed by atoms with Gasteiger partial charge in [0.05, 0.1) is 7.11 Å². The molecule has 0 amide bonds. The summed E-state index contributed by atoms with van der Waals surface area (Å²) < 4.78 is 5.33. The number of ketones is 1. The maximum Gasteiger partial charge on any atom is 0.163 e. The van der Waals surface area contributed by atoms with Crippen LogP contribution in [-0.2, 0) is 6.42 Å². The molecule has 0 saturated carbocycles.